The summed E-state index contributed by atoms with van der Waals surface area (Å²) < 4.78 is 19.5. The van der Waals surface area contributed by atoms with Crippen LogP contribution in [0, 0.1) is 17.1 Å². The van der Waals surface area contributed by atoms with Crippen molar-refractivity contribution >= 4 is 12.4 Å². The maximum atomic E-state index is 13.3. The van der Waals surface area contributed by atoms with Crippen LogP contribution in [0.4, 0.5) is 4.39 Å². The Morgan fingerprint density at radius 1 is 1.25 bits per heavy atom. The van der Waals surface area contributed by atoms with Crippen LogP contribution in [-0.2, 0) is 16.9 Å². The molecule has 0 amide bonds. The van der Waals surface area contributed by atoms with Gasteiger partial charge in [-0.3, -0.25) is 0 Å². The van der Waals surface area contributed by atoms with E-state index >= 15 is 0 Å². The Bertz CT molecular complexity index is 742. The first-order valence-corrected chi connectivity index (χ1v) is 7.78. The minimum atomic E-state index is -0.562. The Kier molecular flexibility index (Phi) is 5.95. The van der Waals surface area contributed by atoms with Crippen molar-refractivity contribution in [2.24, 2.45) is 0 Å². The first-order chi connectivity index (χ1) is 11.2. The molecule has 2 aromatic carbocycles. The van der Waals surface area contributed by atoms with Crippen molar-refractivity contribution in [2.45, 2.75) is 25.0 Å². The van der Waals surface area contributed by atoms with Crippen molar-refractivity contribution in [3.05, 3.63) is 70.5 Å². The molecular weight excluding hydrogens is 327 g/mol. The standard InChI is InChI=1S/C19H19FN2O.ClH/c1-22-10-2-9-19(16-4-6-17(20)7-5-16)18-8-3-14(12-21)11-15(18)13-23-19;/h3-8,11,22H,2,9-10,13H2,1H3;1H/t19-;/m1./s1. The number of hydrogen-bond donors (Lipinski definition) is 1. The van der Waals surface area contributed by atoms with Gasteiger partial charge in [0.1, 0.15) is 11.4 Å². The molecule has 0 aliphatic carbocycles. The Morgan fingerprint density at radius 2 is 2.00 bits per heavy atom. The van der Waals surface area contributed by atoms with Gasteiger partial charge in [-0.2, -0.15) is 5.26 Å². The molecule has 1 atom stereocenters. The first-order valence-electron chi connectivity index (χ1n) is 7.78. The van der Waals surface area contributed by atoms with Crippen LogP contribution in [0.1, 0.15) is 35.1 Å². The molecular formula is C19H20ClFN2O. The number of hydrogen-bond acceptors (Lipinski definition) is 3. The molecule has 24 heavy (non-hydrogen) atoms. The molecule has 5 heteroatoms. The van der Waals surface area contributed by atoms with Gasteiger partial charge in [-0.25, -0.2) is 4.39 Å². The molecule has 0 fully saturated rings. The molecule has 0 radical (unpaired) electrons. The molecule has 0 bridgehead atoms. The highest BCUT2D eigenvalue weighted by atomic mass is 35.5. The maximum absolute atomic E-state index is 13.3. The third-order valence-electron chi connectivity index (χ3n) is 4.41. The fraction of sp³-hybridized carbons (Fsp3) is 0.316. The van der Waals surface area contributed by atoms with E-state index in [2.05, 4.69) is 11.4 Å². The van der Waals surface area contributed by atoms with Gasteiger partial charge in [0, 0.05) is 0 Å². The first kappa shape index (κ1) is 18.4. The van der Waals surface area contributed by atoms with Gasteiger partial charge in [-0.05, 0) is 67.4 Å². The summed E-state index contributed by atoms with van der Waals surface area (Å²) >= 11 is 0. The van der Waals surface area contributed by atoms with Crippen molar-refractivity contribution in [2.75, 3.05) is 13.6 Å². The van der Waals surface area contributed by atoms with Gasteiger partial charge in [-0.15, -0.1) is 12.4 Å². The summed E-state index contributed by atoms with van der Waals surface area (Å²) in [6, 6.07) is 14.4. The summed E-state index contributed by atoms with van der Waals surface area (Å²) in [4.78, 5) is 0. The molecule has 0 saturated carbocycles. The molecule has 0 saturated heterocycles. The highest BCUT2D eigenvalue weighted by Gasteiger charge is 2.41. The fourth-order valence-electron chi connectivity index (χ4n) is 3.28. The normalized spacial score (nSPS) is 18.5. The zero-order valence-electron chi connectivity index (χ0n) is 13.5. The fourth-order valence-corrected chi connectivity index (χ4v) is 3.28. The van der Waals surface area contributed by atoms with E-state index in [0.29, 0.717) is 12.2 Å². The van der Waals surface area contributed by atoms with Crippen molar-refractivity contribution in [1.29, 1.82) is 5.26 Å². The lowest BCUT2D eigenvalue weighted by molar-refractivity contribution is -0.0128. The van der Waals surface area contributed by atoms with Gasteiger partial charge in [0.15, 0.2) is 0 Å². The second kappa shape index (κ2) is 7.76. The molecule has 1 heterocycles. The summed E-state index contributed by atoms with van der Waals surface area (Å²) in [5.74, 6) is -0.253. The molecule has 0 unspecified atom stereocenters. The number of nitriles is 1. The predicted octanol–water partition coefficient (Wildman–Crippen LogP) is 3.89. The Morgan fingerprint density at radius 3 is 2.67 bits per heavy atom. The largest absolute Gasteiger partial charge is 0.361 e. The van der Waals surface area contributed by atoms with Crippen LogP contribution < -0.4 is 5.32 Å². The molecule has 3 nitrogen and oxygen atoms in total. The van der Waals surface area contributed by atoms with E-state index < -0.39 is 5.60 Å². The number of rotatable bonds is 5. The summed E-state index contributed by atoms with van der Waals surface area (Å²) in [5.41, 5.74) is 3.15. The smallest absolute Gasteiger partial charge is 0.123 e. The van der Waals surface area contributed by atoms with Crippen LogP contribution in [0.2, 0.25) is 0 Å². The third kappa shape index (κ3) is 3.29. The van der Waals surface area contributed by atoms with E-state index in [1.165, 1.54) is 12.1 Å². The lowest BCUT2D eigenvalue weighted by Crippen LogP contribution is -2.28. The molecule has 126 valence electrons. The van der Waals surface area contributed by atoms with Crippen LogP contribution in [-0.4, -0.2) is 13.6 Å². The van der Waals surface area contributed by atoms with E-state index in [-0.39, 0.29) is 18.2 Å². The Balaban J connectivity index is 0.00000208. The highest BCUT2D eigenvalue weighted by molar-refractivity contribution is 5.85. The van der Waals surface area contributed by atoms with Gasteiger partial charge < -0.3 is 10.1 Å². The van der Waals surface area contributed by atoms with Crippen molar-refractivity contribution in [1.82, 2.24) is 5.32 Å². The van der Waals surface area contributed by atoms with E-state index in [1.54, 1.807) is 12.1 Å². The van der Waals surface area contributed by atoms with Crippen molar-refractivity contribution in [3.8, 4) is 6.07 Å². The van der Waals surface area contributed by atoms with Gasteiger partial charge >= 0.3 is 0 Å². The monoisotopic (exact) mass is 346 g/mol. The van der Waals surface area contributed by atoms with Crippen LogP contribution in [0.5, 0.6) is 0 Å². The number of halogens is 2. The van der Waals surface area contributed by atoms with E-state index in [4.69, 9.17) is 10.00 Å². The van der Waals surface area contributed by atoms with Crippen LogP contribution in [0.25, 0.3) is 0 Å². The Hall–Kier alpha value is -1.93. The molecule has 3 rings (SSSR count). The molecule has 0 aromatic heterocycles. The summed E-state index contributed by atoms with van der Waals surface area (Å²) in [6.45, 7) is 1.36. The van der Waals surface area contributed by atoms with Crippen LogP contribution >= 0.6 is 12.4 Å². The van der Waals surface area contributed by atoms with Crippen molar-refractivity contribution < 1.29 is 9.13 Å². The van der Waals surface area contributed by atoms with Crippen LogP contribution in [0.15, 0.2) is 42.5 Å². The lowest BCUT2D eigenvalue weighted by Gasteiger charge is -2.30. The van der Waals surface area contributed by atoms with Gasteiger partial charge in [0.05, 0.1) is 18.2 Å². The van der Waals surface area contributed by atoms with E-state index in [0.717, 1.165) is 36.1 Å². The SMILES string of the molecule is CNCCC[C@]1(c2ccc(F)cc2)OCc2cc(C#N)ccc21.Cl. The van der Waals surface area contributed by atoms with E-state index in [9.17, 15) is 4.39 Å². The zero-order valence-corrected chi connectivity index (χ0v) is 14.3. The minimum Gasteiger partial charge on any atom is -0.361 e. The summed E-state index contributed by atoms with van der Waals surface area (Å²) in [7, 11) is 1.92. The summed E-state index contributed by atoms with van der Waals surface area (Å²) in [6.07, 6.45) is 1.74. The van der Waals surface area contributed by atoms with Crippen molar-refractivity contribution in [3.63, 3.8) is 0 Å². The number of benzene rings is 2. The highest BCUT2D eigenvalue weighted by Crippen LogP contribution is 2.45. The molecule has 0 spiro atoms. The predicted molar refractivity (Wildman–Crippen MR) is 93.5 cm³/mol. The van der Waals surface area contributed by atoms with Gasteiger partial charge in [0.2, 0.25) is 0 Å². The molecule has 2 aromatic rings. The quantitative estimate of drug-likeness (QED) is 0.835. The maximum Gasteiger partial charge on any atom is 0.123 e. The van der Waals surface area contributed by atoms with Gasteiger partial charge in [-0.1, -0.05) is 18.2 Å². The molecule has 1 aliphatic heterocycles. The molecule has 1 aliphatic rings. The number of fused-ring (bicyclic) bond motifs is 1. The number of ether oxygens (including phenoxy) is 1. The average Bonchev–Trinajstić information content (AvgIpc) is 2.95. The Labute approximate surface area is 147 Å². The number of nitrogens with one attached hydrogen (secondary N) is 1. The topological polar surface area (TPSA) is 45.0 Å². The van der Waals surface area contributed by atoms with Gasteiger partial charge in [0.25, 0.3) is 0 Å². The second-order valence-corrected chi connectivity index (χ2v) is 5.81. The second-order valence-electron chi connectivity index (χ2n) is 5.81. The summed E-state index contributed by atoms with van der Waals surface area (Å²) in [5, 5.41) is 12.2. The van der Waals surface area contributed by atoms with E-state index in [1.807, 2.05) is 25.2 Å². The minimum absolute atomic E-state index is 0. The average molecular weight is 347 g/mol. The number of nitrogens with zero attached hydrogens (tertiary/aromatic N) is 1. The molecule has 1 N–H and O–H groups in total. The third-order valence-corrected chi connectivity index (χ3v) is 4.41. The lowest BCUT2D eigenvalue weighted by atomic mass is 9.81. The van der Waals surface area contributed by atoms with Crippen LogP contribution in [0.3, 0.4) is 0 Å². The zero-order chi connectivity index (χ0) is 16.3.